The van der Waals surface area contributed by atoms with Crippen molar-refractivity contribution in [1.82, 2.24) is 14.8 Å². The summed E-state index contributed by atoms with van der Waals surface area (Å²) in [4.78, 5) is 10.6. The third kappa shape index (κ3) is 8.41. The number of methoxy groups -OCH3 is 2. The Bertz CT molecular complexity index is 292. The van der Waals surface area contributed by atoms with Crippen molar-refractivity contribution >= 4 is 16.3 Å². The molecule has 0 aromatic rings. The highest BCUT2D eigenvalue weighted by molar-refractivity contribution is 7.88. The molecule has 3 N–H and O–H groups in total. The first-order chi connectivity index (χ1) is 7.52. The van der Waals surface area contributed by atoms with Crippen molar-refractivity contribution in [3.05, 3.63) is 0 Å². The van der Waals surface area contributed by atoms with Crippen molar-refractivity contribution in [2.45, 2.75) is 0 Å². The minimum absolute atomic E-state index is 0.163. The van der Waals surface area contributed by atoms with Crippen LogP contribution in [0, 0.1) is 0 Å². The van der Waals surface area contributed by atoms with Gasteiger partial charge in [-0.1, -0.05) is 0 Å². The van der Waals surface area contributed by atoms with E-state index >= 15 is 0 Å². The first-order valence-corrected chi connectivity index (χ1v) is 6.05. The van der Waals surface area contributed by atoms with Gasteiger partial charge < -0.3 is 14.8 Å². The van der Waals surface area contributed by atoms with Gasteiger partial charge in [0.15, 0.2) is 0 Å². The standard InChI is InChI=1S/C7H17N3O5S/c1-14-6-5-8-3-4-9-16(12,13)10-7(11)15-2/h8-9H,3-6H2,1-2H3,(H,10,11). The lowest BCUT2D eigenvalue weighted by Crippen LogP contribution is -2.42. The molecule has 0 heterocycles. The van der Waals surface area contributed by atoms with Gasteiger partial charge in [-0.3, -0.25) is 0 Å². The van der Waals surface area contributed by atoms with Crippen LogP contribution in [-0.4, -0.2) is 55.0 Å². The normalized spacial score (nSPS) is 11.1. The van der Waals surface area contributed by atoms with E-state index in [1.807, 2.05) is 0 Å². The molecule has 0 aromatic heterocycles. The van der Waals surface area contributed by atoms with E-state index in [0.29, 0.717) is 19.7 Å². The fourth-order valence-electron chi connectivity index (χ4n) is 0.760. The second-order valence-corrected chi connectivity index (χ2v) is 4.23. The number of ether oxygens (including phenoxy) is 2. The van der Waals surface area contributed by atoms with Crippen molar-refractivity contribution in [3.63, 3.8) is 0 Å². The molecule has 0 bridgehead atoms. The molecule has 0 aliphatic heterocycles. The lowest BCUT2D eigenvalue weighted by atomic mass is 10.6. The van der Waals surface area contributed by atoms with Gasteiger partial charge in [0.2, 0.25) is 0 Å². The van der Waals surface area contributed by atoms with E-state index in [0.717, 1.165) is 7.11 Å². The van der Waals surface area contributed by atoms with E-state index in [-0.39, 0.29) is 6.54 Å². The summed E-state index contributed by atoms with van der Waals surface area (Å²) in [6.45, 7) is 1.78. The summed E-state index contributed by atoms with van der Waals surface area (Å²) in [6.07, 6.45) is -1.03. The predicted molar refractivity (Wildman–Crippen MR) is 57.2 cm³/mol. The lowest BCUT2D eigenvalue weighted by molar-refractivity contribution is 0.177. The highest BCUT2D eigenvalue weighted by atomic mass is 32.2. The Morgan fingerprint density at radius 3 is 2.44 bits per heavy atom. The minimum Gasteiger partial charge on any atom is -0.452 e. The molecule has 0 spiro atoms. The maximum absolute atomic E-state index is 11.1. The lowest BCUT2D eigenvalue weighted by Gasteiger charge is -2.07. The molecule has 1 amide bonds. The van der Waals surface area contributed by atoms with Gasteiger partial charge in [0.25, 0.3) is 0 Å². The monoisotopic (exact) mass is 255 g/mol. The molecule has 0 radical (unpaired) electrons. The number of rotatable bonds is 8. The van der Waals surface area contributed by atoms with Crippen molar-refractivity contribution in [3.8, 4) is 0 Å². The van der Waals surface area contributed by atoms with E-state index in [1.165, 1.54) is 0 Å². The van der Waals surface area contributed by atoms with Crippen molar-refractivity contribution < 1.29 is 22.7 Å². The quantitative estimate of drug-likeness (QED) is 0.452. The van der Waals surface area contributed by atoms with Gasteiger partial charge in [-0.2, -0.15) is 13.1 Å². The van der Waals surface area contributed by atoms with Gasteiger partial charge in [0, 0.05) is 26.7 Å². The summed E-state index contributed by atoms with van der Waals surface area (Å²) in [5, 5.41) is 2.93. The first kappa shape index (κ1) is 15.1. The highest BCUT2D eigenvalue weighted by Gasteiger charge is 2.12. The zero-order chi connectivity index (χ0) is 12.4. The Labute approximate surface area is 94.9 Å². The van der Waals surface area contributed by atoms with Gasteiger partial charge in [0.1, 0.15) is 0 Å². The average molecular weight is 255 g/mol. The molecule has 0 aliphatic rings. The molecule has 0 saturated carbocycles. The van der Waals surface area contributed by atoms with Gasteiger partial charge in [0.05, 0.1) is 13.7 Å². The molecule has 0 atom stereocenters. The summed E-state index contributed by atoms with van der Waals surface area (Å²) < 4.78 is 35.0. The number of hydrogen-bond acceptors (Lipinski definition) is 6. The molecule has 0 aromatic carbocycles. The molecular weight excluding hydrogens is 238 g/mol. The number of nitrogens with one attached hydrogen (secondary N) is 3. The van der Waals surface area contributed by atoms with Crippen molar-refractivity contribution in [2.24, 2.45) is 0 Å². The molecule has 96 valence electrons. The SMILES string of the molecule is COCCNCCNS(=O)(=O)NC(=O)OC. The molecule has 0 fully saturated rings. The Morgan fingerprint density at radius 1 is 1.19 bits per heavy atom. The number of hydrogen-bond donors (Lipinski definition) is 3. The second-order valence-electron chi connectivity index (χ2n) is 2.73. The summed E-state index contributed by atoms with van der Waals surface area (Å²) in [7, 11) is -1.18. The topological polar surface area (TPSA) is 106 Å². The Balaban J connectivity index is 3.63. The zero-order valence-electron chi connectivity index (χ0n) is 9.28. The van der Waals surface area contributed by atoms with E-state index < -0.39 is 16.3 Å². The summed E-state index contributed by atoms with van der Waals surface area (Å²) in [6, 6.07) is 0. The van der Waals surface area contributed by atoms with Crippen LogP contribution in [0.15, 0.2) is 0 Å². The summed E-state index contributed by atoms with van der Waals surface area (Å²) >= 11 is 0. The van der Waals surface area contributed by atoms with E-state index in [9.17, 15) is 13.2 Å². The summed E-state index contributed by atoms with van der Waals surface area (Å²) in [5.74, 6) is 0. The highest BCUT2D eigenvalue weighted by Crippen LogP contribution is 1.79. The van der Waals surface area contributed by atoms with Crippen LogP contribution < -0.4 is 14.8 Å². The predicted octanol–water partition coefficient (Wildman–Crippen LogP) is -1.59. The molecular formula is C7H17N3O5S. The smallest absolute Gasteiger partial charge is 0.421 e. The average Bonchev–Trinajstić information content (AvgIpc) is 2.22. The maximum Gasteiger partial charge on any atom is 0.421 e. The van der Waals surface area contributed by atoms with Crippen LogP contribution in [0.4, 0.5) is 4.79 Å². The zero-order valence-corrected chi connectivity index (χ0v) is 10.1. The maximum atomic E-state index is 11.1. The molecule has 0 unspecified atom stereocenters. The van der Waals surface area contributed by atoms with Gasteiger partial charge in [-0.05, 0) is 0 Å². The number of amides is 1. The van der Waals surface area contributed by atoms with Crippen LogP contribution >= 0.6 is 0 Å². The molecule has 16 heavy (non-hydrogen) atoms. The Kier molecular flexibility index (Phi) is 7.81. The third-order valence-electron chi connectivity index (χ3n) is 1.48. The van der Waals surface area contributed by atoms with Crippen LogP contribution in [0.25, 0.3) is 0 Å². The van der Waals surface area contributed by atoms with Crippen LogP contribution in [0.3, 0.4) is 0 Å². The van der Waals surface area contributed by atoms with Crippen LogP contribution in [0.1, 0.15) is 0 Å². The summed E-state index contributed by atoms with van der Waals surface area (Å²) in [5.41, 5.74) is 0. The largest absolute Gasteiger partial charge is 0.452 e. The van der Waals surface area contributed by atoms with E-state index in [4.69, 9.17) is 4.74 Å². The fraction of sp³-hybridized carbons (Fsp3) is 0.857. The Morgan fingerprint density at radius 2 is 1.88 bits per heavy atom. The van der Waals surface area contributed by atoms with Crippen LogP contribution in [0.5, 0.6) is 0 Å². The molecule has 9 heteroatoms. The van der Waals surface area contributed by atoms with Gasteiger partial charge in [-0.25, -0.2) is 9.52 Å². The second kappa shape index (κ2) is 8.28. The van der Waals surface area contributed by atoms with Crippen LogP contribution in [-0.2, 0) is 19.7 Å². The fourth-order valence-corrected chi connectivity index (χ4v) is 1.51. The molecule has 0 aliphatic carbocycles. The number of carbonyl (C=O) groups is 1. The van der Waals surface area contributed by atoms with Crippen molar-refractivity contribution in [2.75, 3.05) is 40.5 Å². The van der Waals surface area contributed by atoms with E-state index in [2.05, 4.69) is 14.8 Å². The minimum atomic E-state index is -3.83. The molecule has 0 rings (SSSR count). The molecule has 8 nitrogen and oxygen atoms in total. The van der Waals surface area contributed by atoms with E-state index in [1.54, 1.807) is 11.8 Å². The third-order valence-corrected chi connectivity index (χ3v) is 2.50. The first-order valence-electron chi connectivity index (χ1n) is 4.57. The van der Waals surface area contributed by atoms with Gasteiger partial charge >= 0.3 is 16.3 Å². The Hall–Kier alpha value is -0.900. The molecule has 0 saturated heterocycles. The van der Waals surface area contributed by atoms with Crippen molar-refractivity contribution in [1.29, 1.82) is 0 Å². The number of carbonyl (C=O) groups excluding carboxylic acids is 1. The van der Waals surface area contributed by atoms with Gasteiger partial charge in [-0.15, -0.1) is 0 Å². The van der Waals surface area contributed by atoms with Crippen LogP contribution in [0.2, 0.25) is 0 Å².